The molecule has 2 aromatic rings. The molecule has 2 amide bonds. The van der Waals surface area contributed by atoms with Crippen LogP contribution in [0.3, 0.4) is 0 Å². The predicted molar refractivity (Wildman–Crippen MR) is 106 cm³/mol. The average Bonchev–Trinajstić information content (AvgIpc) is 3.49. The fourth-order valence-corrected chi connectivity index (χ4v) is 3.23. The summed E-state index contributed by atoms with van der Waals surface area (Å²) in [5.41, 5.74) is 5.36. The van der Waals surface area contributed by atoms with E-state index in [9.17, 15) is 18.4 Å². The van der Waals surface area contributed by atoms with E-state index in [1.54, 1.807) is 0 Å². The number of hydrogen-bond acceptors (Lipinski definition) is 5. The maximum atomic E-state index is 13.2. The average molecular weight is 460 g/mol. The molecular formula is C19H17Cl2F2N3O4. The van der Waals surface area contributed by atoms with Crippen molar-refractivity contribution < 1.29 is 27.8 Å². The second-order valence-corrected chi connectivity index (χ2v) is 7.42. The number of ether oxygens (including phenoxy) is 2. The van der Waals surface area contributed by atoms with Crippen LogP contribution >= 0.6 is 23.2 Å². The summed E-state index contributed by atoms with van der Waals surface area (Å²) in [5.74, 6) is -1.38. The highest BCUT2D eigenvalue weighted by Gasteiger charge is 2.27. The summed E-state index contributed by atoms with van der Waals surface area (Å²) in [6.45, 7) is -3.27. The minimum Gasteiger partial charge on any atom is -0.489 e. The van der Waals surface area contributed by atoms with Crippen LogP contribution < -0.4 is 20.1 Å². The third-order valence-electron chi connectivity index (χ3n) is 4.24. The van der Waals surface area contributed by atoms with E-state index in [0.29, 0.717) is 12.5 Å². The number of halogens is 4. The molecule has 1 aliphatic rings. The first-order valence-corrected chi connectivity index (χ1v) is 9.62. The number of amides is 2. The van der Waals surface area contributed by atoms with Gasteiger partial charge in [-0.25, -0.2) is 0 Å². The SMILES string of the molecule is NC(=O)CN(C(=O)c1ccc(OC(F)F)c(OCC2CC2)c1)c1c(Cl)cncc1Cl. The molecule has 11 heteroatoms. The van der Waals surface area contributed by atoms with Crippen molar-refractivity contribution >= 4 is 40.7 Å². The van der Waals surface area contributed by atoms with Crippen molar-refractivity contribution in [2.75, 3.05) is 18.1 Å². The summed E-state index contributed by atoms with van der Waals surface area (Å²) >= 11 is 12.2. The minimum absolute atomic E-state index is 0.0148. The largest absolute Gasteiger partial charge is 0.489 e. The molecule has 0 radical (unpaired) electrons. The number of primary amides is 1. The van der Waals surface area contributed by atoms with Crippen LogP contribution in [-0.2, 0) is 4.79 Å². The van der Waals surface area contributed by atoms with Gasteiger partial charge in [-0.15, -0.1) is 0 Å². The van der Waals surface area contributed by atoms with E-state index in [1.807, 2.05) is 0 Å². The van der Waals surface area contributed by atoms with Crippen LogP contribution in [0.4, 0.5) is 14.5 Å². The van der Waals surface area contributed by atoms with E-state index in [0.717, 1.165) is 17.7 Å². The van der Waals surface area contributed by atoms with Crippen molar-refractivity contribution in [3.63, 3.8) is 0 Å². The molecule has 0 saturated heterocycles. The van der Waals surface area contributed by atoms with Crippen molar-refractivity contribution in [1.29, 1.82) is 0 Å². The summed E-state index contributed by atoms with van der Waals surface area (Å²) in [7, 11) is 0. The van der Waals surface area contributed by atoms with Crippen molar-refractivity contribution in [3.05, 3.63) is 46.2 Å². The molecule has 0 aliphatic heterocycles. The number of hydrogen-bond donors (Lipinski definition) is 1. The van der Waals surface area contributed by atoms with Crippen LogP contribution in [-0.4, -0.2) is 36.6 Å². The first-order valence-electron chi connectivity index (χ1n) is 8.87. The van der Waals surface area contributed by atoms with Gasteiger partial charge in [0.15, 0.2) is 11.5 Å². The molecule has 1 fully saturated rings. The zero-order chi connectivity index (χ0) is 21.8. The topological polar surface area (TPSA) is 94.8 Å². The van der Waals surface area contributed by atoms with Crippen LogP contribution in [0, 0.1) is 5.92 Å². The third-order valence-corrected chi connectivity index (χ3v) is 4.79. The van der Waals surface area contributed by atoms with Gasteiger partial charge in [0, 0.05) is 18.0 Å². The minimum atomic E-state index is -3.06. The molecule has 1 saturated carbocycles. The van der Waals surface area contributed by atoms with Gasteiger partial charge in [0.2, 0.25) is 5.91 Å². The van der Waals surface area contributed by atoms with Crippen LogP contribution in [0.15, 0.2) is 30.6 Å². The number of anilines is 1. The number of nitrogens with two attached hydrogens (primary N) is 1. The van der Waals surface area contributed by atoms with Crippen molar-refractivity contribution in [3.8, 4) is 11.5 Å². The molecule has 3 rings (SSSR count). The normalized spacial score (nSPS) is 13.2. The summed E-state index contributed by atoms with van der Waals surface area (Å²) in [5, 5.41) is 0.0555. The van der Waals surface area contributed by atoms with Crippen molar-refractivity contribution in [1.82, 2.24) is 4.98 Å². The van der Waals surface area contributed by atoms with E-state index >= 15 is 0 Å². The summed E-state index contributed by atoms with van der Waals surface area (Å²) in [6, 6.07) is 3.72. The number of rotatable bonds is 9. The van der Waals surface area contributed by atoms with Crippen molar-refractivity contribution in [2.45, 2.75) is 19.5 Å². The summed E-state index contributed by atoms with van der Waals surface area (Å²) in [4.78, 5) is 29.5. The zero-order valence-electron chi connectivity index (χ0n) is 15.5. The lowest BCUT2D eigenvalue weighted by Crippen LogP contribution is -2.39. The highest BCUT2D eigenvalue weighted by Crippen LogP contribution is 2.36. The molecule has 2 N–H and O–H groups in total. The molecule has 0 unspecified atom stereocenters. The predicted octanol–water partition coefficient (Wildman–Crippen LogP) is 3.91. The Kier molecular flexibility index (Phi) is 6.94. The van der Waals surface area contributed by atoms with Gasteiger partial charge < -0.3 is 15.2 Å². The fraction of sp³-hybridized carbons (Fsp3) is 0.316. The molecule has 30 heavy (non-hydrogen) atoms. The number of carbonyl (C=O) groups excluding carboxylic acids is 2. The van der Waals surface area contributed by atoms with E-state index in [4.69, 9.17) is 33.7 Å². The molecule has 7 nitrogen and oxygen atoms in total. The van der Waals surface area contributed by atoms with Gasteiger partial charge >= 0.3 is 6.61 Å². The lowest BCUT2D eigenvalue weighted by molar-refractivity contribution is -0.116. The number of carbonyl (C=O) groups is 2. The zero-order valence-corrected chi connectivity index (χ0v) is 17.0. The first kappa shape index (κ1) is 22.0. The second-order valence-electron chi connectivity index (χ2n) is 6.60. The third kappa shape index (κ3) is 5.48. The van der Waals surface area contributed by atoms with E-state index in [1.165, 1.54) is 30.6 Å². The van der Waals surface area contributed by atoms with E-state index in [2.05, 4.69) is 9.72 Å². The molecule has 1 heterocycles. The number of benzene rings is 1. The van der Waals surface area contributed by atoms with Crippen LogP contribution in [0.5, 0.6) is 11.5 Å². The lowest BCUT2D eigenvalue weighted by Gasteiger charge is -2.24. The van der Waals surface area contributed by atoms with Crippen LogP contribution in [0.25, 0.3) is 0 Å². The molecule has 160 valence electrons. The van der Waals surface area contributed by atoms with E-state index < -0.39 is 25.0 Å². The number of alkyl halides is 2. The summed E-state index contributed by atoms with van der Waals surface area (Å²) < 4.78 is 35.5. The monoisotopic (exact) mass is 459 g/mol. The Balaban J connectivity index is 1.96. The Morgan fingerprint density at radius 1 is 1.20 bits per heavy atom. The van der Waals surface area contributed by atoms with Gasteiger partial charge in [0.25, 0.3) is 5.91 Å². The number of nitrogens with zero attached hydrogens (tertiary/aromatic N) is 2. The summed E-state index contributed by atoms with van der Waals surface area (Å²) in [6.07, 6.45) is 4.48. The van der Waals surface area contributed by atoms with Crippen LogP contribution in [0.2, 0.25) is 10.0 Å². The van der Waals surface area contributed by atoms with Gasteiger partial charge in [0.05, 0.1) is 22.3 Å². The molecule has 1 aromatic carbocycles. The van der Waals surface area contributed by atoms with E-state index in [-0.39, 0.29) is 32.8 Å². The maximum Gasteiger partial charge on any atom is 0.387 e. The first-order chi connectivity index (χ1) is 14.3. The van der Waals surface area contributed by atoms with Gasteiger partial charge in [-0.2, -0.15) is 8.78 Å². The van der Waals surface area contributed by atoms with Gasteiger partial charge in [-0.1, -0.05) is 23.2 Å². The lowest BCUT2D eigenvalue weighted by atomic mass is 10.1. The molecule has 0 spiro atoms. The second kappa shape index (κ2) is 9.44. The number of pyridine rings is 1. The molecule has 1 aliphatic carbocycles. The smallest absolute Gasteiger partial charge is 0.387 e. The van der Waals surface area contributed by atoms with Crippen LogP contribution in [0.1, 0.15) is 23.2 Å². The molecule has 0 bridgehead atoms. The molecule has 1 aromatic heterocycles. The quantitative estimate of drug-likeness (QED) is 0.613. The van der Waals surface area contributed by atoms with Crippen molar-refractivity contribution in [2.24, 2.45) is 11.7 Å². The highest BCUT2D eigenvalue weighted by atomic mass is 35.5. The number of aromatic nitrogens is 1. The fourth-order valence-electron chi connectivity index (χ4n) is 2.67. The van der Waals surface area contributed by atoms with Gasteiger partial charge in [-0.05, 0) is 37.0 Å². The Hall–Kier alpha value is -2.65. The Labute approximate surface area is 180 Å². The van der Waals surface area contributed by atoms with Gasteiger partial charge in [-0.3, -0.25) is 19.5 Å². The Morgan fingerprint density at radius 2 is 1.87 bits per heavy atom. The molecular weight excluding hydrogens is 443 g/mol. The maximum absolute atomic E-state index is 13.2. The van der Waals surface area contributed by atoms with Gasteiger partial charge in [0.1, 0.15) is 6.54 Å². The Bertz CT molecular complexity index is 937. The standard InChI is InChI=1S/C19H17Cl2F2N3O4/c20-12-6-25-7-13(21)17(12)26(8-16(24)27)18(28)11-3-4-14(30-19(22)23)15(5-11)29-9-10-1-2-10/h3-7,10,19H,1-2,8-9H2,(H2,24,27). The Morgan fingerprint density at radius 3 is 2.43 bits per heavy atom. The highest BCUT2D eigenvalue weighted by molar-refractivity contribution is 6.40. The molecule has 0 atom stereocenters.